The lowest BCUT2D eigenvalue weighted by atomic mass is 10.2. The number of hydrogen-bond donors (Lipinski definition) is 1. The van der Waals surface area contributed by atoms with Crippen molar-refractivity contribution in [1.29, 1.82) is 0 Å². The number of rotatable bonds is 9. The van der Waals surface area contributed by atoms with Gasteiger partial charge in [-0.3, -0.25) is 10.1 Å². The van der Waals surface area contributed by atoms with E-state index >= 15 is 0 Å². The smallest absolute Gasteiger partial charge is 0.296 e. The molecule has 0 aliphatic rings. The number of ether oxygens (including phenoxy) is 2. The number of nitrogens with one attached hydrogen (secondary N) is 1. The van der Waals surface area contributed by atoms with Gasteiger partial charge in [0.2, 0.25) is 0 Å². The molecule has 0 spiro atoms. The first-order valence-corrected chi connectivity index (χ1v) is 6.68. The van der Waals surface area contributed by atoms with Gasteiger partial charge in [0.1, 0.15) is 11.4 Å². The van der Waals surface area contributed by atoms with E-state index < -0.39 is 4.92 Å². The maximum atomic E-state index is 11.0. The molecule has 0 fully saturated rings. The fourth-order valence-corrected chi connectivity index (χ4v) is 1.66. The van der Waals surface area contributed by atoms with Gasteiger partial charge in [-0.25, -0.2) is 0 Å². The van der Waals surface area contributed by atoms with Gasteiger partial charge >= 0.3 is 0 Å². The third-order valence-corrected chi connectivity index (χ3v) is 2.63. The lowest BCUT2D eigenvalue weighted by Gasteiger charge is -2.09. The van der Waals surface area contributed by atoms with Crippen molar-refractivity contribution in [2.45, 2.75) is 20.3 Å². The van der Waals surface area contributed by atoms with Gasteiger partial charge in [-0.15, -0.1) is 0 Å². The summed E-state index contributed by atoms with van der Waals surface area (Å²) in [6, 6.07) is 4.77. The van der Waals surface area contributed by atoms with Gasteiger partial charge in [-0.2, -0.15) is 0 Å². The Kier molecular flexibility index (Phi) is 6.79. The molecule has 6 heteroatoms. The van der Waals surface area contributed by atoms with E-state index in [0.29, 0.717) is 30.5 Å². The molecule has 0 unspecified atom stereocenters. The Morgan fingerprint density at radius 1 is 1.40 bits per heavy atom. The number of benzene rings is 1. The molecule has 1 aromatic carbocycles. The van der Waals surface area contributed by atoms with Gasteiger partial charge in [-0.05, 0) is 24.5 Å². The van der Waals surface area contributed by atoms with E-state index in [0.717, 1.165) is 13.0 Å². The third kappa shape index (κ3) is 5.44. The van der Waals surface area contributed by atoms with Crippen molar-refractivity contribution in [1.82, 2.24) is 0 Å². The molecular weight excluding hydrogens is 260 g/mol. The SMILES string of the molecule is COc1ccc(NCCCOCC(C)C)c([N+](=O)[O-])c1. The highest BCUT2D eigenvalue weighted by molar-refractivity contribution is 5.63. The number of hydrogen-bond acceptors (Lipinski definition) is 5. The fourth-order valence-electron chi connectivity index (χ4n) is 1.66. The van der Waals surface area contributed by atoms with Crippen molar-refractivity contribution in [3.63, 3.8) is 0 Å². The van der Waals surface area contributed by atoms with Crippen LogP contribution in [0.4, 0.5) is 11.4 Å². The number of anilines is 1. The molecule has 0 bridgehead atoms. The third-order valence-electron chi connectivity index (χ3n) is 2.63. The topological polar surface area (TPSA) is 73.6 Å². The molecule has 0 saturated heterocycles. The summed E-state index contributed by atoms with van der Waals surface area (Å²) in [5.74, 6) is 0.994. The summed E-state index contributed by atoms with van der Waals surface area (Å²) >= 11 is 0. The van der Waals surface area contributed by atoms with Gasteiger partial charge in [0.05, 0.1) is 18.1 Å². The van der Waals surface area contributed by atoms with Gasteiger partial charge in [-0.1, -0.05) is 13.8 Å². The van der Waals surface area contributed by atoms with Crippen LogP contribution in [0.1, 0.15) is 20.3 Å². The van der Waals surface area contributed by atoms with Crippen LogP contribution in [0.3, 0.4) is 0 Å². The van der Waals surface area contributed by atoms with Crippen LogP contribution in [-0.2, 0) is 4.74 Å². The minimum Gasteiger partial charge on any atom is -0.496 e. The van der Waals surface area contributed by atoms with Gasteiger partial charge in [0.15, 0.2) is 0 Å². The summed E-state index contributed by atoms with van der Waals surface area (Å²) in [5.41, 5.74) is 0.520. The molecule has 0 saturated carbocycles. The number of nitrogens with zero attached hydrogens (tertiary/aromatic N) is 1. The lowest BCUT2D eigenvalue weighted by Crippen LogP contribution is -2.09. The van der Waals surface area contributed by atoms with E-state index in [-0.39, 0.29) is 5.69 Å². The quantitative estimate of drug-likeness (QED) is 0.428. The zero-order chi connectivity index (χ0) is 15.0. The highest BCUT2D eigenvalue weighted by Crippen LogP contribution is 2.28. The molecule has 112 valence electrons. The Morgan fingerprint density at radius 3 is 2.75 bits per heavy atom. The Hall–Kier alpha value is -1.82. The molecule has 0 heterocycles. The van der Waals surface area contributed by atoms with Crippen molar-refractivity contribution in [3.05, 3.63) is 28.3 Å². The second-order valence-electron chi connectivity index (χ2n) is 4.89. The van der Waals surface area contributed by atoms with Crippen molar-refractivity contribution >= 4 is 11.4 Å². The fraction of sp³-hybridized carbons (Fsp3) is 0.571. The van der Waals surface area contributed by atoms with Crippen molar-refractivity contribution in [2.75, 3.05) is 32.2 Å². The van der Waals surface area contributed by atoms with Crippen LogP contribution in [0, 0.1) is 16.0 Å². The lowest BCUT2D eigenvalue weighted by molar-refractivity contribution is -0.384. The summed E-state index contributed by atoms with van der Waals surface area (Å²) in [6.45, 7) is 6.21. The highest BCUT2D eigenvalue weighted by atomic mass is 16.6. The number of nitro benzene ring substituents is 1. The standard InChI is InChI=1S/C14H22N2O4/c1-11(2)10-20-8-4-7-15-13-6-5-12(19-3)9-14(13)16(17)18/h5-6,9,11,15H,4,7-8,10H2,1-3H3. The van der Waals surface area contributed by atoms with Crippen molar-refractivity contribution < 1.29 is 14.4 Å². The summed E-state index contributed by atoms with van der Waals surface area (Å²) in [5, 5.41) is 14.0. The molecule has 20 heavy (non-hydrogen) atoms. The van der Waals surface area contributed by atoms with Gasteiger partial charge < -0.3 is 14.8 Å². The molecule has 0 aromatic heterocycles. The van der Waals surface area contributed by atoms with Crippen LogP contribution in [-0.4, -0.2) is 31.8 Å². The average molecular weight is 282 g/mol. The van der Waals surface area contributed by atoms with Crippen LogP contribution in [0.2, 0.25) is 0 Å². The summed E-state index contributed by atoms with van der Waals surface area (Å²) < 4.78 is 10.4. The Morgan fingerprint density at radius 2 is 2.15 bits per heavy atom. The van der Waals surface area contributed by atoms with Gasteiger partial charge in [0.25, 0.3) is 5.69 Å². The predicted molar refractivity (Wildman–Crippen MR) is 78.4 cm³/mol. The molecule has 0 radical (unpaired) electrons. The molecule has 0 aliphatic carbocycles. The maximum absolute atomic E-state index is 11.0. The molecule has 1 rings (SSSR count). The second-order valence-corrected chi connectivity index (χ2v) is 4.89. The molecule has 6 nitrogen and oxygen atoms in total. The number of nitro groups is 1. The normalized spacial score (nSPS) is 10.6. The van der Waals surface area contributed by atoms with E-state index in [1.165, 1.54) is 13.2 Å². The highest BCUT2D eigenvalue weighted by Gasteiger charge is 2.14. The average Bonchev–Trinajstić information content (AvgIpc) is 2.42. The minimum atomic E-state index is -0.417. The van der Waals surface area contributed by atoms with E-state index in [1.54, 1.807) is 12.1 Å². The van der Waals surface area contributed by atoms with E-state index in [1.807, 2.05) is 0 Å². The Labute approximate surface area is 119 Å². The van der Waals surface area contributed by atoms with Crippen LogP contribution in [0.15, 0.2) is 18.2 Å². The predicted octanol–water partition coefficient (Wildman–Crippen LogP) is 3.08. The van der Waals surface area contributed by atoms with Crippen LogP contribution in [0.25, 0.3) is 0 Å². The monoisotopic (exact) mass is 282 g/mol. The van der Waals surface area contributed by atoms with E-state index in [2.05, 4.69) is 19.2 Å². The minimum absolute atomic E-state index is 0.0208. The zero-order valence-electron chi connectivity index (χ0n) is 12.2. The Balaban J connectivity index is 2.45. The van der Waals surface area contributed by atoms with Crippen LogP contribution < -0.4 is 10.1 Å². The Bertz CT molecular complexity index is 435. The largest absolute Gasteiger partial charge is 0.496 e. The van der Waals surface area contributed by atoms with E-state index in [4.69, 9.17) is 9.47 Å². The number of methoxy groups -OCH3 is 1. The first-order chi connectivity index (χ1) is 9.54. The van der Waals surface area contributed by atoms with Crippen molar-refractivity contribution in [3.8, 4) is 5.75 Å². The molecular formula is C14H22N2O4. The maximum Gasteiger partial charge on any atom is 0.296 e. The summed E-state index contributed by atoms with van der Waals surface area (Å²) in [6.07, 6.45) is 0.801. The molecule has 0 amide bonds. The van der Waals surface area contributed by atoms with Gasteiger partial charge in [0, 0.05) is 19.8 Å². The molecule has 1 aromatic rings. The van der Waals surface area contributed by atoms with Crippen LogP contribution in [0.5, 0.6) is 5.75 Å². The van der Waals surface area contributed by atoms with E-state index in [9.17, 15) is 10.1 Å². The first-order valence-electron chi connectivity index (χ1n) is 6.68. The second kappa shape index (κ2) is 8.37. The summed E-state index contributed by atoms with van der Waals surface area (Å²) in [7, 11) is 1.48. The zero-order valence-corrected chi connectivity index (χ0v) is 12.2. The molecule has 0 aliphatic heterocycles. The summed E-state index contributed by atoms with van der Waals surface area (Å²) in [4.78, 5) is 10.6. The molecule has 0 atom stereocenters. The van der Waals surface area contributed by atoms with Crippen molar-refractivity contribution in [2.24, 2.45) is 5.92 Å². The molecule has 1 N–H and O–H groups in total. The van der Waals surface area contributed by atoms with Crippen LogP contribution >= 0.6 is 0 Å². The first kappa shape index (κ1) is 16.2.